The Labute approximate surface area is 146 Å². The molecule has 132 valence electrons. The minimum Gasteiger partial charge on any atom is -0.493 e. The molecule has 3 N–H and O–H groups in total. The van der Waals surface area contributed by atoms with Crippen LogP contribution < -0.4 is 25.3 Å². The highest BCUT2D eigenvalue weighted by atomic mass is 16.7. The van der Waals surface area contributed by atoms with E-state index < -0.39 is 0 Å². The van der Waals surface area contributed by atoms with Gasteiger partial charge in [0.2, 0.25) is 12.7 Å². The van der Waals surface area contributed by atoms with Crippen LogP contribution in [0.1, 0.15) is 23.1 Å². The molecule has 25 heavy (non-hydrogen) atoms. The van der Waals surface area contributed by atoms with Gasteiger partial charge in [0.05, 0.1) is 24.4 Å². The second-order valence-electron chi connectivity index (χ2n) is 6.14. The second kappa shape index (κ2) is 6.93. The van der Waals surface area contributed by atoms with Gasteiger partial charge in [-0.25, -0.2) is 0 Å². The lowest BCUT2D eigenvalue weighted by molar-refractivity contribution is -0.116. The smallest absolute Gasteiger partial charge is 0.231 e. The van der Waals surface area contributed by atoms with E-state index in [4.69, 9.17) is 19.9 Å². The normalized spacial score (nSPS) is 12.1. The van der Waals surface area contributed by atoms with Gasteiger partial charge >= 0.3 is 0 Å². The highest BCUT2D eigenvalue weighted by Gasteiger charge is 2.17. The molecule has 1 aliphatic heterocycles. The molecule has 3 rings (SSSR count). The van der Waals surface area contributed by atoms with E-state index in [2.05, 4.69) is 11.4 Å². The standard InChI is InChI=1S/C19H22N2O4/c1-11-6-12(2)13(3)16(7-11)23-5-4-19(22)21-15-9-18-17(8-14(15)20)24-10-25-18/h6-9H,4-5,10,20H2,1-3H3,(H,21,22). The van der Waals surface area contributed by atoms with Crippen molar-refractivity contribution in [2.24, 2.45) is 0 Å². The summed E-state index contributed by atoms with van der Waals surface area (Å²) in [4.78, 5) is 12.2. The monoisotopic (exact) mass is 342 g/mol. The number of nitrogens with one attached hydrogen (secondary N) is 1. The Kier molecular flexibility index (Phi) is 4.70. The third kappa shape index (κ3) is 3.79. The lowest BCUT2D eigenvalue weighted by Gasteiger charge is -2.13. The number of nitrogens with two attached hydrogens (primary N) is 1. The summed E-state index contributed by atoms with van der Waals surface area (Å²) in [7, 11) is 0. The number of hydrogen-bond acceptors (Lipinski definition) is 5. The first kappa shape index (κ1) is 17.0. The van der Waals surface area contributed by atoms with Crippen LogP contribution in [0.4, 0.5) is 11.4 Å². The van der Waals surface area contributed by atoms with Crippen molar-refractivity contribution in [3.63, 3.8) is 0 Å². The maximum absolute atomic E-state index is 12.2. The zero-order valence-corrected chi connectivity index (χ0v) is 14.6. The Morgan fingerprint density at radius 3 is 2.64 bits per heavy atom. The molecule has 2 aromatic rings. The number of rotatable bonds is 5. The van der Waals surface area contributed by atoms with Crippen LogP contribution in [0.2, 0.25) is 0 Å². The maximum Gasteiger partial charge on any atom is 0.231 e. The fourth-order valence-electron chi connectivity index (χ4n) is 2.68. The van der Waals surface area contributed by atoms with E-state index in [9.17, 15) is 4.79 Å². The molecule has 0 atom stereocenters. The van der Waals surface area contributed by atoms with E-state index >= 15 is 0 Å². The molecule has 0 bridgehead atoms. The molecule has 2 aromatic carbocycles. The van der Waals surface area contributed by atoms with Crippen LogP contribution in [-0.2, 0) is 4.79 Å². The zero-order chi connectivity index (χ0) is 18.0. The van der Waals surface area contributed by atoms with Crippen LogP contribution in [0.5, 0.6) is 17.2 Å². The summed E-state index contributed by atoms with van der Waals surface area (Å²) in [6, 6.07) is 7.41. The summed E-state index contributed by atoms with van der Waals surface area (Å²) >= 11 is 0. The summed E-state index contributed by atoms with van der Waals surface area (Å²) in [6.07, 6.45) is 0.223. The number of ether oxygens (including phenoxy) is 3. The van der Waals surface area contributed by atoms with Crippen molar-refractivity contribution in [1.29, 1.82) is 0 Å². The lowest BCUT2D eigenvalue weighted by Crippen LogP contribution is -2.16. The SMILES string of the molecule is Cc1cc(C)c(C)c(OCCC(=O)Nc2cc3c(cc2N)OCO3)c1. The maximum atomic E-state index is 12.2. The first-order valence-corrected chi connectivity index (χ1v) is 8.13. The van der Waals surface area contributed by atoms with Crippen molar-refractivity contribution in [1.82, 2.24) is 0 Å². The van der Waals surface area contributed by atoms with Crippen LogP contribution in [0.25, 0.3) is 0 Å². The molecule has 6 heteroatoms. The minimum atomic E-state index is -0.174. The van der Waals surface area contributed by atoms with Crippen LogP contribution in [0, 0.1) is 20.8 Å². The summed E-state index contributed by atoms with van der Waals surface area (Å²) in [6.45, 7) is 6.53. The van der Waals surface area contributed by atoms with Crippen molar-refractivity contribution in [2.45, 2.75) is 27.2 Å². The number of hydrogen-bond donors (Lipinski definition) is 2. The molecule has 0 aliphatic carbocycles. The molecule has 1 heterocycles. The fourth-order valence-corrected chi connectivity index (χ4v) is 2.68. The van der Waals surface area contributed by atoms with Gasteiger partial charge < -0.3 is 25.3 Å². The van der Waals surface area contributed by atoms with E-state index in [1.165, 1.54) is 5.56 Å². The molecule has 0 unspecified atom stereocenters. The van der Waals surface area contributed by atoms with Gasteiger partial charge in [0, 0.05) is 12.1 Å². The Morgan fingerprint density at radius 2 is 1.88 bits per heavy atom. The lowest BCUT2D eigenvalue weighted by atomic mass is 10.1. The summed E-state index contributed by atoms with van der Waals surface area (Å²) in [5.41, 5.74) is 10.3. The van der Waals surface area contributed by atoms with Gasteiger partial charge in [0.15, 0.2) is 11.5 Å². The number of amides is 1. The number of carbonyl (C=O) groups is 1. The van der Waals surface area contributed by atoms with Gasteiger partial charge in [-0.05, 0) is 43.5 Å². The number of aryl methyl sites for hydroxylation is 2. The van der Waals surface area contributed by atoms with E-state index in [1.54, 1.807) is 12.1 Å². The largest absolute Gasteiger partial charge is 0.493 e. The van der Waals surface area contributed by atoms with Crippen LogP contribution in [0.15, 0.2) is 24.3 Å². The predicted octanol–water partition coefficient (Wildman–Crippen LogP) is 3.33. The Hall–Kier alpha value is -2.89. The Balaban J connectivity index is 1.57. The molecule has 0 saturated carbocycles. The topological polar surface area (TPSA) is 82.8 Å². The van der Waals surface area contributed by atoms with Gasteiger partial charge in [-0.1, -0.05) is 6.07 Å². The van der Waals surface area contributed by atoms with E-state index in [0.29, 0.717) is 29.5 Å². The quantitative estimate of drug-likeness (QED) is 0.815. The van der Waals surface area contributed by atoms with Crippen molar-refractivity contribution in [3.05, 3.63) is 41.0 Å². The molecular formula is C19H22N2O4. The van der Waals surface area contributed by atoms with Crippen LogP contribution in [-0.4, -0.2) is 19.3 Å². The molecule has 0 radical (unpaired) electrons. The zero-order valence-electron chi connectivity index (χ0n) is 14.6. The minimum absolute atomic E-state index is 0.162. The Bertz CT molecular complexity index is 818. The van der Waals surface area contributed by atoms with Gasteiger partial charge in [-0.2, -0.15) is 0 Å². The third-order valence-electron chi connectivity index (χ3n) is 4.17. The highest BCUT2D eigenvalue weighted by Crippen LogP contribution is 2.38. The number of nitrogen functional groups attached to an aromatic ring is 1. The van der Waals surface area contributed by atoms with Gasteiger partial charge in [-0.15, -0.1) is 0 Å². The fraction of sp³-hybridized carbons (Fsp3) is 0.316. The number of benzene rings is 2. The van der Waals surface area contributed by atoms with Crippen LogP contribution >= 0.6 is 0 Å². The first-order valence-electron chi connectivity index (χ1n) is 8.13. The molecule has 0 aromatic heterocycles. The van der Waals surface area contributed by atoms with Crippen molar-refractivity contribution >= 4 is 17.3 Å². The number of fused-ring (bicyclic) bond motifs is 1. The average molecular weight is 342 g/mol. The summed E-state index contributed by atoms with van der Waals surface area (Å²) < 4.78 is 16.3. The van der Waals surface area contributed by atoms with Crippen molar-refractivity contribution in [2.75, 3.05) is 24.5 Å². The van der Waals surface area contributed by atoms with E-state index in [-0.39, 0.29) is 19.1 Å². The molecule has 6 nitrogen and oxygen atoms in total. The molecule has 0 saturated heterocycles. The first-order chi connectivity index (χ1) is 11.9. The highest BCUT2D eigenvalue weighted by molar-refractivity contribution is 5.94. The Morgan fingerprint density at radius 1 is 1.16 bits per heavy atom. The van der Waals surface area contributed by atoms with Gasteiger partial charge in [-0.3, -0.25) is 4.79 Å². The summed E-state index contributed by atoms with van der Waals surface area (Å²) in [5.74, 6) is 1.80. The third-order valence-corrected chi connectivity index (χ3v) is 4.17. The molecule has 1 amide bonds. The summed E-state index contributed by atoms with van der Waals surface area (Å²) in [5, 5.41) is 2.78. The van der Waals surface area contributed by atoms with E-state index in [0.717, 1.165) is 16.9 Å². The average Bonchev–Trinajstić information content (AvgIpc) is 2.99. The molecule has 0 spiro atoms. The number of carbonyl (C=O) groups excluding carboxylic acids is 1. The number of anilines is 2. The van der Waals surface area contributed by atoms with Gasteiger partial charge in [0.25, 0.3) is 0 Å². The molecule has 1 aliphatic rings. The predicted molar refractivity (Wildman–Crippen MR) is 96.4 cm³/mol. The van der Waals surface area contributed by atoms with E-state index in [1.807, 2.05) is 26.8 Å². The van der Waals surface area contributed by atoms with Crippen molar-refractivity contribution < 1.29 is 19.0 Å². The second-order valence-corrected chi connectivity index (χ2v) is 6.14. The van der Waals surface area contributed by atoms with Gasteiger partial charge in [0.1, 0.15) is 5.75 Å². The van der Waals surface area contributed by atoms with Crippen LogP contribution in [0.3, 0.4) is 0 Å². The molecular weight excluding hydrogens is 320 g/mol. The molecule has 0 fully saturated rings. The van der Waals surface area contributed by atoms with Crippen molar-refractivity contribution in [3.8, 4) is 17.2 Å².